The van der Waals surface area contributed by atoms with E-state index in [-0.39, 0.29) is 11.8 Å². The molecule has 1 fully saturated rings. The number of carbonyl (C=O) groups is 1. The van der Waals surface area contributed by atoms with E-state index in [0.717, 1.165) is 11.3 Å². The molecule has 27 heavy (non-hydrogen) atoms. The third-order valence-corrected chi connectivity index (χ3v) is 5.14. The fourth-order valence-electron chi connectivity index (χ4n) is 3.28. The second-order valence-electron chi connectivity index (χ2n) is 7.11. The van der Waals surface area contributed by atoms with Crippen LogP contribution in [0.3, 0.4) is 0 Å². The van der Waals surface area contributed by atoms with Gasteiger partial charge in [-0.25, -0.2) is 0 Å². The van der Waals surface area contributed by atoms with Gasteiger partial charge in [0.1, 0.15) is 0 Å². The molecular weight excluding hydrogens is 362 g/mol. The molecule has 4 rings (SSSR count). The predicted molar refractivity (Wildman–Crippen MR) is 105 cm³/mol. The summed E-state index contributed by atoms with van der Waals surface area (Å²) >= 11 is 5.93. The molecule has 3 aromatic rings. The summed E-state index contributed by atoms with van der Waals surface area (Å²) in [7, 11) is 0. The van der Waals surface area contributed by atoms with E-state index in [9.17, 15) is 4.79 Å². The number of hydrogen-bond acceptors (Lipinski definition) is 4. The largest absolute Gasteiger partial charge is 0.339 e. The van der Waals surface area contributed by atoms with Crippen molar-refractivity contribution in [3.05, 3.63) is 65.0 Å². The summed E-state index contributed by atoms with van der Waals surface area (Å²) in [4.78, 5) is 18.7. The first kappa shape index (κ1) is 17.7. The average Bonchev–Trinajstić information content (AvgIpc) is 3.29. The van der Waals surface area contributed by atoms with Crippen LogP contribution in [0.15, 0.2) is 53.1 Å². The van der Waals surface area contributed by atoms with Gasteiger partial charge in [-0.1, -0.05) is 54.9 Å². The third kappa shape index (κ3) is 3.60. The standard InChI is InChI=1S/C21H20ClN3O2/c1-13(2)14-3-5-15(6-4-14)20-23-21(27-24-20)16-11-19(26)25(12-16)18-9-7-17(22)8-10-18/h3-10,13,16H,11-12H2,1-2H3. The summed E-state index contributed by atoms with van der Waals surface area (Å²) < 4.78 is 5.47. The van der Waals surface area contributed by atoms with Gasteiger partial charge in [0.05, 0.1) is 5.92 Å². The van der Waals surface area contributed by atoms with Crippen LogP contribution >= 0.6 is 11.6 Å². The van der Waals surface area contributed by atoms with Crippen LogP contribution in [0.2, 0.25) is 5.02 Å². The maximum Gasteiger partial charge on any atom is 0.232 e. The van der Waals surface area contributed by atoms with E-state index in [1.165, 1.54) is 5.56 Å². The molecule has 0 bridgehead atoms. The topological polar surface area (TPSA) is 59.2 Å². The van der Waals surface area contributed by atoms with Gasteiger partial charge >= 0.3 is 0 Å². The van der Waals surface area contributed by atoms with Crippen LogP contribution in [-0.2, 0) is 4.79 Å². The summed E-state index contributed by atoms with van der Waals surface area (Å²) in [6, 6.07) is 15.4. The van der Waals surface area contributed by atoms with Crippen LogP contribution < -0.4 is 4.90 Å². The van der Waals surface area contributed by atoms with Gasteiger partial charge in [0, 0.05) is 29.2 Å². The number of amides is 1. The Balaban J connectivity index is 1.52. The highest BCUT2D eigenvalue weighted by molar-refractivity contribution is 6.30. The molecular formula is C21H20ClN3O2. The molecule has 0 spiro atoms. The van der Waals surface area contributed by atoms with Crippen molar-refractivity contribution < 1.29 is 9.32 Å². The minimum Gasteiger partial charge on any atom is -0.339 e. The molecule has 0 aliphatic carbocycles. The number of carbonyl (C=O) groups excluding carboxylic acids is 1. The fraction of sp³-hybridized carbons (Fsp3) is 0.286. The molecule has 1 unspecified atom stereocenters. The number of rotatable bonds is 4. The van der Waals surface area contributed by atoms with Crippen LogP contribution in [0.1, 0.15) is 43.6 Å². The lowest BCUT2D eigenvalue weighted by Gasteiger charge is -2.15. The molecule has 1 aromatic heterocycles. The first-order valence-corrected chi connectivity index (χ1v) is 9.39. The Kier molecular flexibility index (Phi) is 4.70. The van der Waals surface area contributed by atoms with Crippen LogP contribution in [-0.4, -0.2) is 22.6 Å². The van der Waals surface area contributed by atoms with E-state index in [2.05, 4.69) is 36.1 Å². The summed E-state index contributed by atoms with van der Waals surface area (Å²) in [6.45, 7) is 4.84. The maximum absolute atomic E-state index is 12.4. The van der Waals surface area contributed by atoms with Crippen molar-refractivity contribution in [3.63, 3.8) is 0 Å². The van der Waals surface area contributed by atoms with E-state index in [0.29, 0.717) is 35.6 Å². The van der Waals surface area contributed by atoms with Crippen LogP contribution in [0.4, 0.5) is 5.69 Å². The third-order valence-electron chi connectivity index (χ3n) is 4.89. The van der Waals surface area contributed by atoms with Crippen molar-refractivity contribution in [1.29, 1.82) is 0 Å². The van der Waals surface area contributed by atoms with Crippen molar-refractivity contribution in [3.8, 4) is 11.4 Å². The summed E-state index contributed by atoms with van der Waals surface area (Å²) in [6.07, 6.45) is 0.358. The minimum atomic E-state index is -0.107. The van der Waals surface area contributed by atoms with Crippen LogP contribution in [0, 0.1) is 0 Å². The molecule has 2 heterocycles. The fourth-order valence-corrected chi connectivity index (χ4v) is 3.40. The Morgan fingerprint density at radius 2 is 1.81 bits per heavy atom. The minimum absolute atomic E-state index is 0.0448. The number of nitrogens with zero attached hydrogens (tertiary/aromatic N) is 3. The molecule has 1 atom stereocenters. The number of benzene rings is 2. The highest BCUT2D eigenvalue weighted by atomic mass is 35.5. The monoisotopic (exact) mass is 381 g/mol. The predicted octanol–water partition coefficient (Wildman–Crippen LogP) is 5.03. The Hall–Kier alpha value is -2.66. The maximum atomic E-state index is 12.4. The van der Waals surface area contributed by atoms with Gasteiger partial charge in [-0.3, -0.25) is 4.79 Å². The zero-order valence-corrected chi connectivity index (χ0v) is 16.0. The van der Waals surface area contributed by atoms with Crippen molar-refractivity contribution in [2.75, 3.05) is 11.4 Å². The van der Waals surface area contributed by atoms with Gasteiger partial charge in [-0.2, -0.15) is 4.98 Å². The van der Waals surface area contributed by atoms with Crippen molar-refractivity contribution in [2.24, 2.45) is 0 Å². The average molecular weight is 382 g/mol. The smallest absolute Gasteiger partial charge is 0.232 e. The number of halogens is 1. The van der Waals surface area contributed by atoms with Gasteiger partial charge in [-0.15, -0.1) is 0 Å². The molecule has 138 valence electrons. The molecule has 0 radical (unpaired) electrons. The Bertz CT molecular complexity index is 948. The van der Waals surface area contributed by atoms with Gasteiger partial charge in [0.25, 0.3) is 0 Å². The molecule has 6 heteroatoms. The van der Waals surface area contributed by atoms with Crippen molar-refractivity contribution >= 4 is 23.2 Å². The Morgan fingerprint density at radius 3 is 2.48 bits per heavy atom. The molecule has 1 aliphatic rings. The molecule has 1 aliphatic heterocycles. The summed E-state index contributed by atoms with van der Waals surface area (Å²) in [5.74, 6) is 1.47. The van der Waals surface area contributed by atoms with Gasteiger partial charge in [0.2, 0.25) is 17.6 Å². The van der Waals surface area contributed by atoms with E-state index < -0.39 is 0 Å². The SMILES string of the molecule is CC(C)c1ccc(-c2noc(C3CC(=O)N(c4ccc(Cl)cc4)C3)n2)cc1. The van der Waals surface area contributed by atoms with E-state index in [1.54, 1.807) is 17.0 Å². The zero-order valence-electron chi connectivity index (χ0n) is 15.2. The molecule has 5 nitrogen and oxygen atoms in total. The lowest BCUT2D eigenvalue weighted by molar-refractivity contribution is -0.117. The summed E-state index contributed by atoms with van der Waals surface area (Å²) in [5.41, 5.74) is 3.01. The van der Waals surface area contributed by atoms with E-state index in [4.69, 9.17) is 16.1 Å². The lowest BCUT2D eigenvalue weighted by Crippen LogP contribution is -2.24. The van der Waals surface area contributed by atoms with Gasteiger partial charge in [-0.05, 0) is 35.7 Å². The number of aromatic nitrogens is 2. The normalized spacial score (nSPS) is 17.1. The number of anilines is 1. The van der Waals surface area contributed by atoms with Crippen LogP contribution in [0.5, 0.6) is 0 Å². The number of hydrogen-bond donors (Lipinski definition) is 0. The van der Waals surface area contributed by atoms with E-state index >= 15 is 0 Å². The lowest BCUT2D eigenvalue weighted by atomic mass is 10.0. The molecule has 2 aromatic carbocycles. The molecule has 0 saturated carbocycles. The quantitative estimate of drug-likeness (QED) is 0.635. The van der Waals surface area contributed by atoms with Crippen molar-refractivity contribution in [2.45, 2.75) is 32.1 Å². The first-order chi connectivity index (χ1) is 13.0. The zero-order chi connectivity index (χ0) is 19.0. The molecule has 1 amide bonds. The van der Waals surface area contributed by atoms with Gasteiger partial charge in [0.15, 0.2) is 0 Å². The first-order valence-electron chi connectivity index (χ1n) is 9.01. The van der Waals surface area contributed by atoms with Crippen LogP contribution in [0.25, 0.3) is 11.4 Å². The highest BCUT2D eigenvalue weighted by Crippen LogP contribution is 2.32. The van der Waals surface area contributed by atoms with E-state index in [1.807, 2.05) is 24.3 Å². The highest BCUT2D eigenvalue weighted by Gasteiger charge is 2.35. The second-order valence-corrected chi connectivity index (χ2v) is 7.55. The molecule has 1 saturated heterocycles. The Morgan fingerprint density at radius 1 is 1.11 bits per heavy atom. The summed E-state index contributed by atoms with van der Waals surface area (Å²) in [5, 5.41) is 4.75. The van der Waals surface area contributed by atoms with Gasteiger partial charge < -0.3 is 9.42 Å². The Labute approximate surface area is 163 Å². The molecule has 0 N–H and O–H groups in total. The second kappa shape index (κ2) is 7.16. The van der Waals surface area contributed by atoms with Crippen molar-refractivity contribution in [1.82, 2.24) is 10.1 Å².